The molecule has 226 valence electrons. The standard InChI is InChI=1S/C42H26N3O.Pt/c46-38-21-8-5-17-33(38)36-20-10-22-39(45-36)42(34-18-6-3-15-31(34)32-16-4-7-19-35(32)42)29-13-9-12-28(25-29)41-40-30-14-2-1-11-27(30)23-24-37(40)43-26-44-41;/h1-24,26,46H;/q-1;. The van der Waals surface area contributed by atoms with Gasteiger partial charge in [0, 0.05) is 26.6 Å². The molecule has 0 unspecified atom stereocenters. The van der Waals surface area contributed by atoms with Crippen molar-refractivity contribution in [2.75, 3.05) is 0 Å². The van der Waals surface area contributed by atoms with Crippen LogP contribution in [-0.4, -0.2) is 20.1 Å². The molecule has 0 amide bonds. The average molecular weight is 784 g/mol. The maximum atomic E-state index is 10.8. The van der Waals surface area contributed by atoms with Crippen LogP contribution in [0.4, 0.5) is 0 Å². The van der Waals surface area contributed by atoms with Gasteiger partial charge in [0.05, 0.1) is 22.3 Å². The van der Waals surface area contributed by atoms with Crippen LogP contribution in [0, 0.1) is 6.07 Å². The van der Waals surface area contributed by atoms with Crippen LogP contribution in [-0.2, 0) is 26.5 Å². The van der Waals surface area contributed by atoms with Crippen molar-refractivity contribution in [3.05, 3.63) is 180 Å². The largest absolute Gasteiger partial charge is 0.507 e. The van der Waals surface area contributed by atoms with Crippen LogP contribution in [0.2, 0.25) is 0 Å². The second kappa shape index (κ2) is 11.4. The second-order valence-corrected chi connectivity index (χ2v) is 11.6. The number of aromatic hydroxyl groups is 1. The zero-order chi connectivity index (χ0) is 30.7. The van der Waals surface area contributed by atoms with Gasteiger partial charge in [-0.05, 0) is 74.4 Å². The van der Waals surface area contributed by atoms with Gasteiger partial charge in [-0.25, -0.2) is 4.98 Å². The van der Waals surface area contributed by atoms with Crippen molar-refractivity contribution < 1.29 is 26.2 Å². The third-order valence-corrected chi connectivity index (χ3v) is 9.25. The predicted molar refractivity (Wildman–Crippen MR) is 184 cm³/mol. The summed E-state index contributed by atoms with van der Waals surface area (Å²) in [4.78, 5) is 14.8. The minimum Gasteiger partial charge on any atom is -0.507 e. The number of phenols is 1. The fourth-order valence-electron chi connectivity index (χ4n) is 7.28. The summed E-state index contributed by atoms with van der Waals surface area (Å²) < 4.78 is 0. The van der Waals surface area contributed by atoms with Gasteiger partial charge in [-0.15, -0.1) is 35.4 Å². The van der Waals surface area contributed by atoms with Crippen LogP contribution < -0.4 is 0 Å². The minimum absolute atomic E-state index is 0. The maximum Gasteiger partial charge on any atom is 0.124 e. The van der Waals surface area contributed by atoms with Gasteiger partial charge in [-0.2, -0.15) is 0 Å². The van der Waals surface area contributed by atoms with E-state index in [-0.39, 0.29) is 26.8 Å². The summed E-state index contributed by atoms with van der Waals surface area (Å²) in [6, 6.07) is 53.4. The van der Waals surface area contributed by atoms with E-state index in [4.69, 9.17) is 9.97 Å². The van der Waals surface area contributed by atoms with Gasteiger partial charge in [0.25, 0.3) is 0 Å². The van der Waals surface area contributed by atoms with E-state index in [1.54, 1.807) is 12.4 Å². The molecule has 0 saturated heterocycles. The molecule has 0 saturated carbocycles. The van der Waals surface area contributed by atoms with Gasteiger partial charge < -0.3 is 5.11 Å². The summed E-state index contributed by atoms with van der Waals surface area (Å²) in [6.07, 6.45) is 1.64. The summed E-state index contributed by atoms with van der Waals surface area (Å²) in [6.45, 7) is 0. The van der Waals surface area contributed by atoms with Crippen LogP contribution in [0.5, 0.6) is 5.75 Å². The van der Waals surface area contributed by atoms with Crippen molar-refractivity contribution in [2.24, 2.45) is 0 Å². The Morgan fingerprint density at radius 1 is 0.574 bits per heavy atom. The van der Waals surface area contributed by atoms with Gasteiger partial charge in [-0.3, -0.25) is 9.97 Å². The number of aromatic nitrogens is 3. The third-order valence-electron chi connectivity index (χ3n) is 9.25. The molecule has 47 heavy (non-hydrogen) atoms. The molecule has 0 spiro atoms. The third kappa shape index (κ3) is 4.36. The number of fused-ring (bicyclic) bond motifs is 6. The van der Waals surface area contributed by atoms with Crippen molar-refractivity contribution >= 4 is 21.7 Å². The van der Waals surface area contributed by atoms with E-state index in [2.05, 4.69) is 120 Å². The Labute approximate surface area is 286 Å². The molecule has 2 aromatic heterocycles. The topological polar surface area (TPSA) is 58.9 Å². The summed E-state index contributed by atoms with van der Waals surface area (Å²) in [7, 11) is 0. The van der Waals surface area contributed by atoms with Crippen LogP contribution in [0.25, 0.3) is 55.3 Å². The van der Waals surface area contributed by atoms with Crippen molar-refractivity contribution in [3.8, 4) is 39.4 Å². The molecule has 1 aliphatic carbocycles. The van der Waals surface area contributed by atoms with Crippen molar-refractivity contribution in [1.29, 1.82) is 0 Å². The van der Waals surface area contributed by atoms with E-state index in [1.165, 1.54) is 11.1 Å². The molecule has 2 heterocycles. The van der Waals surface area contributed by atoms with E-state index in [0.717, 1.165) is 55.3 Å². The monoisotopic (exact) mass is 783 g/mol. The Balaban J connectivity index is 0.00000324. The van der Waals surface area contributed by atoms with Gasteiger partial charge >= 0.3 is 0 Å². The number of hydrogen-bond acceptors (Lipinski definition) is 4. The molecule has 5 heteroatoms. The van der Waals surface area contributed by atoms with Crippen molar-refractivity contribution in [3.63, 3.8) is 0 Å². The number of hydrogen-bond donors (Lipinski definition) is 1. The molecule has 9 rings (SSSR count). The van der Waals surface area contributed by atoms with Crippen LogP contribution in [0.3, 0.4) is 0 Å². The molecule has 8 aromatic rings. The SMILES string of the molecule is Oc1ccccc1-c1cccc(C2(c3[c-]c(-c4ncnc5ccc6ccccc6c45)ccc3)c3ccccc3-c3ccccc32)n1.[Pt]. The van der Waals surface area contributed by atoms with Crippen LogP contribution in [0.1, 0.15) is 22.4 Å². The van der Waals surface area contributed by atoms with Gasteiger partial charge in [0.1, 0.15) is 12.1 Å². The van der Waals surface area contributed by atoms with E-state index in [1.807, 2.05) is 30.3 Å². The Morgan fingerprint density at radius 2 is 1.26 bits per heavy atom. The molecule has 1 aliphatic rings. The van der Waals surface area contributed by atoms with Crippen LogP contribution in [0.15, 0.2) is 152 Å². The number of nitrogens with zero attached hydrogens (tertiary/aromatic N) is 3. The van der Waals surface area contributed by atoms with Gasteiger partial charge in [-0.1, -0.05) is 97.1 Å². The van der Waals surface area contributed by atoms with Crippen molar-refractivity contribution in [1.82, 2.24) is 15.0 Å². The Hall–Kier alpha value is -5.44. The van der Waals surface area contributed by atoms with Crippen molar-refractivity contribution in [2.45, 2.75) is 5.41 Å². The molecule has 0 fully saturated rings. The van der Waals surface area contributed by atoms with E-state index in [0.29, 0.717) is 11.3 Å². The Bertz CT molecular complexity index is 2430. The minimum atomic E-state index is -0.769. The predicted octanol–water partition coefficient (Wildman–Crippen LogP) is 9.38. The number of para-hydroxylation sites is 1. The number of rotatable bonds is 4. The molecule has 1 N–H and O–H groups in total. The molecule has 0 aliphatic heterocycles. The zero-order valence-electron chi connectivity index (χ0n) is 25.0. The summed E-state index contributed by atoms with van der Waals surface area (Å²) in [5, 5.41) is 14.0. The molecular weight excluding hydrogens is 758 g/mol. The average Bonchev–Trinajstić information content (AvgIpc) is 3.43. The first-order valence-electron chi connectivity index (χ1n) is 15.3. The fourth-order valence-corrected chi connectivity index (χ4v) is 7.28. The molecule has 6 aromatic carbocycles. The molecule has 4 nitrogen and oxygen atoms in total. The molecule has 0 radical (unpaired) electrons. The fraction of sp³-hybridized carbons (Fsp3) is 0.0238. The zero-order valence-corrected chi connectivity index (χ0v) is 27.3. The normalized spacial score (nSPS) is 12.8. The molecule has 0 bridgehead atoms. The Kier molecular flexibility index (Phi) is 7.04. The first-order chi connectivity index (χ1) is 22.7. The maximum absolute atomic E-state index is 10.8. The number of pyridine rings is 1. The van der Waals surface area contributed by atoms with E-state index in [9.17, 15) is 5.11 Å². The first kappa shape index (κ1) is 29.0. The number of phenolic OH excluding ortho intramolecular Hbond substituents is 1. The summed E-state index contributed by atoms with van der Waals surface area (Å²) in [5.74, 6) is 0.199. The summed E-state index contributed by atoms with van der Waals surface area (Å²) in [5.41, 5.74) is 9.71. The molecule has 0 atom stereocenters. The smallest absolute Gasteiger partial charge is 0.124 e. The summed E-state index contributed by atoms with van der Waals surface area (Å²) >= 11 is 0. The first-order valence-corrected chi connectivity index (χ1v) is 15.3. The molecular formula is C42H26N3OPt-. The second-order valence-electron chi connectivity index (χ2n) is 11.6. The van der Waals surface area contributed by atoms with E-state index >= 15 is 0 Å². The van der Waals surface area contributed by atoms with Gasteiger partial charge in [0.15, 0.2) is 0 Å². The number of benzene rings is 6. The quantitative estimate of drug-likeness (QED) is 0.143. The Morgan fingerprint density at radius 3 is 2.04 bits per heavy atom. The van der Waals surface area contributed by atoms with Gasteiger partial charge in [0.2, 0.25) is 0 Å². The van der Waals surface area contributed by atoms with Crippen LogP contribution >= 0.6 is 0 Å². The van der Waals surface area contributed by atoms with E-state index < -0.39 is 5.41 Å².